The quantitative estimate of drug-likeness (QED) is 0.681. The van der Waals surface area contributed by atoms with Crippen LogP contribution in [0.5, 0.6) is 5.75 Å². The molecule has 8 nitrogen and oxygen atoms in total. The highest BCUT2D eigenvalue weighted by atomic mass is 16.6. The van der Waals surface area contributed by atoms with Gasteiger partial charge in [-0.05, 0) is 52.7 Å². The number of carbonyl (C=O) groups is 3. The normalized spacial score (nSPS) is 19.1. The second kappa shape index (κ2) is 10.7. The Morgan fingerprint density at radius 1 is 1.15 bits per heavy atom. The number of benzene rings is 1. The third kappa shape index (κ3) is 6.42. The van der Waals surface area contributed by atoms with Crippen LogP contribution < -0.4 is 10.1 Å². The van der Waals surface area contributed by atoms with Crippen LogP contribution in [0, 0.1) is 0 Å². The molecule has 1 aromatic rings. The minimum Gasteiger partial charge on any atom is -0.487 e. The Morgan fingerprint density at radius 2 is 1.79 bits per heavy atom. The summed E-state index contributed by atoms with van der Waals surface area (Å²) in [4.78, 5) is 41.0. The molecule has 1 fully saturated rings. The molecule has 1 saturated heterocycles. The number of ether oxygens (including phenoxy) is 2. The smallest absolute Gasteiger partial charge is 0.410 e. The zero-order valence-electron chi connectivity index (χ0n) is 21.2. The highest BCUT2D eigenvalue weighted by molar-refractivity contribution is 5.85. The number of hydrogen-bond donors (Lipinski definition) is 1. The van der Waals surface area contributed by atoms with E-state index >= 15 is 0 Å². The Hall–Kier alpha value is -2.77. The van der Waals surface area contributed by atoms with Crippen LogP contribution in [0.1, 0.15) is 71.8 Å². The summed E-state index contributed by atoms with van der Waals surface area (Å²) in [6.45, 7) is 11.8. The van der Waals surface area contributed by atoms with Crippen molar-refractivity contribution in [2.45, 2.75) is 77.4 Å². The number of para-hydroxylation sites is 1. The number of hydrogen-bond acceptors (Lipinski definition) is 5. The first-order valence-electron chi connectivity index (χ1n) is 12.4. The number of nitrogens with one attached hydrogen (secondary N) is 1. The lowest BCUT2D eigenvalue weighted by molar-refractivity contribution is -0.132. The van der Waals surface area contributed by atoms with Crippen molar-refractivity contribution in [3.05, 3.63) is 29.8 Å². The number of carbonyl (C=O) groups excluding carboxylic acids is 3. The van der Waals surface area contributed by atoms with Gasteiger partial charge in [-0.25, -0.2) is 4.79 Å². The molecule has 0 saturated carbocycles. The first-order chi connectivity index (χ1) is 16.1. The van der Waals surface area contributed by atoms with Crippen LogP contribution in [0.3, 0.4) is 0 Å². The molecule has 3 amide bonds. The number of likely N-dealkylation sites (tertiary alicyclic amines) is 1. The third-order valence-electron chi connectivity index (χ3n) is 6.61. The molecular formula is C26H39N3O5. The van der Waals surface area contributed by atoms with Crippen molar-refractivity contribution in [2.75, 3.05) is 32.7 Å². The molecule has 0 aromatic heterocycles. The average Bonchev–Trinajstić information content (AvgIpc) is 2.78. The van der Waals surface area contributed by atoms with Crippen molar-refractivity contribution in [2.24, 2.45) is 0 Å². The van der Waals surface area contributed by atoms with Gasteiger partial charge >= 0.3 is 6.09 Å². The van der Waals surface area contributed by atoms with Crippen LogP contribution >= 0.6 is 0 Å². The molecule has 8 heteroatoms. The van der Waals surface area contributed by atoms with E-state index in [-0.39, 0.29) is 30.4 Å². The van der Waals surface area contributed by atoms with Crippen LogP contribution in [0.4, 0.5) is 4.79 Å². The maximum absolute atomic E-state index is 12.8. The number of likely N-dealkylation sites (N-methyl/N-ethyl adjacent to an activating group) is 1. The molecule has 3 rings (SSSR count). The predicted octanol–water partition coefficient (Wildman–Crippen LogP) is 3.70. The van der Waals surface area contributed by atoms with Crippen molar-refractivity contribution in [3.63, 3.8) is 0 Å². The van der Waals surface area contributed by atoms with Gasteiger partial charge in [-0.3, -0.25) is 9.59 Å². The molecule has 0 aliphatic carbocycles. The summed E-state index contributed by atoms with van der Waals surface area (Å²) in [5.74, 6) is 0.582. The highest BCUT2D eigenvalue weighted by Crippen LogP contribution is 2.46. The van der Waals surface area contributed by atoms with E-state index in [1.807, 2.05) is 58.9 Å². The Kier molecular flexibility index (Phi) is 8.10. The molecule has 1 spiro atoms. The van der Waals surface area contributed by atoms with Crippen molar-refractivity contribution in [1.29, 1.82) is 0 Å². The summed E-state index contributed by atoms with van der Waals surface area (Å²) < 4.78 is 12.0. The fraction of sp³-hybridized carbons (Fsp3) is 0.654. The summed E-state index contributed by atoms with van der Waals surface area (Å²) >= 11 is 0. The number of piperidine rings is 1. The molecular weight excluding hydrogens is 434 g/mol. The van der Waals surface area contributed by atoms with Crippen LogP contribution in [-0.2, 0) is 14.3 Å². The van der Waals surface area contributed by atoms with Gasteiger partial charge in [-0.15, -0.1) is 0 Å². The number of fused-ring (bicyclic) bond motifs is 1. The second-order valence-corrected chi connectivity index (χ2v) is 10.2. The summed E-state index contributed by atoms with van der Waals surface area (Å²) in [6, 6.07) is 7.86. The minimum absolute atomic E-state index is 0.0124. The lowest BCUT2D eigenvalue weighted by Crippen LogP contribution is -2.52. The predicted molar refractivity (Wildman–Crippen MR) is 130 cm³/mol. The fourth-order valence-electron chi connectivity index (χ4n) is 4.81. The maximum Gasteiger partial charge on any atom is 0.410 e. The largest absolute Gasteiger partial charge is 0.487 e. The van der Waals surface area contributed by atoms with Crippen molar-refractivity contribution >= 4 is 17.9 Å². The Bertz CT molecular complexity index is 883. The van der Waals surface area contributed by atoms with Crippen LogP contribution in [-0.4, -0.2) is 71.6 Å². The molecule has 2 heterocycles. The lowest BCUT2D eigenvalue weighted by atomic mass is 9.76. The molecule has 0 radical (unpaired) electrons. The van der Waals surface area contributed by atoms with Gasteiger partial charge in [0, 0.05) is 51.4 Å². The number of rotatable bonds is 6. The summed E-state index contributed by atoms with van der Waals surface area (Å²) in [5, 5.41) is 2.80. The Labute approximate surface area is 202 Å². The topological polar surface area (TPSA) is 88.2 Å². The minimum atomic E-state index is -0.530. The first kappa shape index (κ1) is 25.8. The van der Waals surface area contributed by atoms with E-state index in [0.717, 1.165) is 11.3 Å². The first-order valence-corrected chi connectivity index (χ1v) is 12.4. The second-order valence-electron chi connectivity index (χ2n) is 10.2. The van der Waals surface area contributed by atoms with Gasteiger partial charge in [-0.2, -0.15) is 0 Å². The van der Waals surface area contributed by atoms with Gasteiger partial charge in [0.2, 0.25) is 11.8 Å². The standard InChI is InChI=1S/C26H39N3O5/c1-6-28(7-2)23(31)18-27-22(30)16-19-17-26(33-21-11-9-8-10-20(19)21)12-14-29(15-13-26)24(32)34-25(3,4)5/h8-11,19H,6-7,12-18H2,1-5H3,(H,27,30). The Morgan fingerprint density at radius 3 is 2.41 bits per heavy atom. The molecule has 1 aromatic carbocycles. The van der Waals surface area contributed by atoms with Gasteiger partial charge in [0.15, 0.2) is 0 Å². The van der Waals surface area contributed by atoms with Gasteiger partial charge < -0.3 is 24.6 Å². The molecule has 1 N–H and O–H groups in total. The summed E-state index contributed by atoms with van der Waals surface area (Å²) in [5.41, 5.74) is 0.0693. The van der Waals surface area contributed by atoms with Crippen LogP contribution in [0.15, 0.2) is 24.3 Å². The number of amides is 3. The zero-order chi connectivity index (χ0) is 24.9. The van der Waals surface area contributed by atoms with Crippen molar-refractivity contribution < 1.29 is 23.9 Å². The summed E-state index contributed by atoms with van der Waals surface area (Å²) in [7, 11) is 0. The van der Waals surface area contributed by atoms with Crippen molar-refractivity contribution in [3.8, 4) is 5.75 Å². The van der Waals surface area contributed by atoms with E-state index in [2.05, 4.69) is 5.32 Å². The average molecular weight is 474 g/mol. The Balaban J connectivity index is 1.65. The van der Waals surface area contributed by atoms with Crippen LogP contribution in [0.2, 0.25) is 0 Å². The van der Waals surface area contributed by atoms with E-state index in [4.69, 9.17) is 9.47 Å². The SMILES string of the molecule is CCN(CC)C(=O)CNC(=O)CC1CC2(CCN(C(=O)OC(C)(C)C)CC2)Oc2ccccc21. The van der Waals surface area contributed by atoms with E-state index in [1.165, 1.54) is 0 Å². The number of nitrogens with zero attached hydrogens (tertiary/aromatic N) is 2. The zero-order valence-corrected chi connectivity index (χ0v) is 21.2. The molecule has 2 aliphatic rings. The van der Waals surface area contributed by atoms with E-state index in [0.29, 0.717) is 51.9 Å². The van der Waals surface area contributed by atoms with Gasteiger partial charge in [0.05, 0.1) is 6.54 Å². The van der Waals surface area contributed by atoms with E-state index < -0.39 is 11.2 Å². The molecule has 1 unspecified atom stereocenters. The van der Waals surface area contributed by atoms with Crippen LogP contribution in [0.25, 0.3) is 0 Å². The third-order valence-corrected chi connectivity index (χ3v) is 6.61. The monoisotopic (exact) mass is 473 g/mol. The van der Waals surface area contributed by atoms with Gasteiger partial charge in [0.1, 0.15) is 17.0 Å². The summed E-state index contributed by atoms with van der Waals surface area (Å²) in [6.07, 6.45) is 2.05. The van der Waals surface area contributed by atoms with Crippen molar-refractivity contribution in [1.82, 2.24) is 15.1 Å². The molecule has 34 heavy (non-hydrogen) atoms. The van der Waals surface area contributed by atoms with E-state index in [9.17, 15) is 14.4 Å². The highest BCUT2D eigenvalue weighted by Gasteiger charge is 2.44. The van der Waals surface area contributed by atoms with Gasteiger partial charge in [-0.1, -0.05) is 18.2 Å². The molecule has 188 valence electrons. The molecule has 0 bridgehead atoms. The maximum atomic E-state index is 12.8. The fourth-order valence-corrected chi connectivity index (χ4v) is 4.81. The van der Waals surface area contributed by atoms with E-state index in [1.54, 1.807) is 9.80 Å². The molecule has 2 aliphatic heterocycles. The lowest BCUT2D eigenvalue weighted by Gasteiger charge is -2.46. The van der Waals surface area contributed by atoms with Gasteiger partial charge in [0.25, 0.3) is 0 Å². The molecule has 1 atom stereocenters.